The van der Waals surface area contributed by atoms with Crippen LogP contribution < -0.4 is 10.6 Å². The third-order valence-corrected chi connectivity index (χ3v) is 4.81. The average Bonchev–Trinajstić information content (AvgIpc) is 3.16. The van der Waals surface area contributed by atoms with Gasteiger partial charge in [-0.3, -0.25) is 9.59 Å². The molecule has 2 heterocycles. The fraction of sp³-hybridized carbons (Fsp3) is 0.158. The molecule has 0 saturated heterocycles. The van der Waals surface area contributed by atoms with Crippen molar-refractivity contribution < 1.29 is 27.3 Å². The van der Waals surface area contributed by atoms with Crippen molar-refractivity contribution in [2.75, 3.05) is 11.9 Å². The van der Waals surface area contributed by atoms with Crippen molar-refractivity contribution in [3.63, 3.8) is 0 Å². The molecule has 0 aliphatic rings. The highest BCUT2D eigenvalue weighted by Gasteiger charge is 2.17. The zero-order valence-electron chi connectivity index (χ0n) is 15.5. The van der Waals surface area contributed by atoms with E-state index in [4.69, 9.17) is 4.52 Å². The smallest absolute Gasteiger partial charge is 0.254 e. The average molecular weight is 436 g/mol. The number of carbonyl (C=O) groups is 2. The molecule has 2 aromatic heterocycles. The Morgan fingerprint density at radius 2 is 1.97 bits per heavy atom. The number of halogens is 3. The third kappa shape index (κ3) is 5.17. The van der Waals surface area contributed by atoms with E-state index in [1.54, 1.807) is 19.1 Å². The van der Waals surface area contributed by atoms with Gasteiger partial charge in [0.25, 0.3) is 5.91 Å². The molecule has 0 unspecified atom stereocenters. The monoisotopic (exact) mass is 436 g/mol. The van der Waals surface area contributed by atoms with E-state index in [-0.39, 0.29) is 5.56 Å². The van der Waals surface area contributed by atoms with Crippen LogP contribution in [0.3, 0.4) is 0 Å². The van der Waals surface area contributed by atoms with Crippen LogP contribution in [0.2, 0.25) is 0 Å². The molecule has 3 aromatic rings. The molecule has 0 bridgehead atoms. The van der Waals surface area contributed by atoms with Gasteiger partial charge in [-0.25, -0.2) is 18.2 Å². The molecule has 3 rings (SSSR count). The zero-order valence-corrected chi connectivity index (χ0v) is 16.4. The lowest BCUT2D eigenvalue weighted by Gasteiger charge is -2.10. The first-order chi connectivity index (χ1) is 14.3. The van der Waals surface area contributed by atoms with E-state index in [1.165, 1.54) is 24.0 Å². The number of hydrogen-bond donors (Lipinski definition) is 2. The maximum absolute atomic E-state index is 13.6. The van der Waals surface area contributed by atoms with Gasteiger partial charge in [-0.15, -0.1) is 0 Å². The van der Waals surface area contributed by atoms with Crippen molar-refractivity contribution in [2.45, 2.75) is 17.7 Å². The zero-order chi connectivity index (χ0) is 21.7. The Labute approximate surface area is 173 Å². The van der Waals surface area contributed by atoms with Crippen molar-refractivity contribution in [1.29, 1.82) is 0 Å². The highest BCUT2D eigenvalue weighted by Crippen LogP contribution is 2.24. The summed E-state index contributed by atoms with van der Waals surface area (Å²) < 4.78 is 44.8. The van der Waals surface area contributed by atoms with Gasteiger partial charge in [0.2, 0.25) is 5.91 Å². The van der Waals surface area contributed by atoms with Gasteiger partial charge in [0.1, 0.15) is 10.8 Å². The Morgan fingerprint density at radius 1 is 1.17 bits per heavy atom. The summed E-state index contributed by atoms with van der Waals surface area (Å²) in [5.41, 5.74) is 0.380. The second-order valence-electron chi connectivity index (χ2n) is 6.03. The van der Waals surface area contributed by atoms with Gasteiger partial charge in [-0.2, -0.15) is 0 Å². The summed E-state index contributed by atoms with van der Waals surface area (Å²) in [5, 5.41) is 8.74. The van der Waals surface area contributed by atoms with Crippen LogP contribution in [0, 0.1) is 24.4 Å². The molecule has 2 N–H and O–H groups in total. The first-order valence-corrected chi connectivity index (χ1v) is 9.55. The Morgan fingerprint density at radius 3 is 2.70 bits per heavy atom. The molecular weight excluding hydrogens is 421 g/mol. The highest BCUT2D eigenvalue weighted by atomic mass is 32.2. The number of rotatable bonds is 7. The van der Waals surface area contributed by atoms with E-state index in [2.05, 4.69) is 20.8 Å². The summed E-state index contributed by atoms with van der Waals surface area (Å²) in [6, 6.07) is 6.43. The Hall–Kier alpha value is -3.34. The topological polar surface area (TPSA) is 97.1 Å². The van der Waals surface area contributed by atoms with Crippen LogP contribution in [0.5, 0.6) is 0 Å². The number of aryl methyl sites for hydroxylation is 1. The number of anilines is 1. The van der Waals surface area contributed by atoms with Gasteiger partial charge in [0.15, 0.2) is 17.5 Å². The minimum absolute atomic E-state index is 0.231. The summed E-state index contributed by atoms with van der Waals surface area (Å²) >= 11 is 1.26. The van der Waals surface area contributed by atoms with Gasteiger partial charge < -0.3 is 15.2 Å². The number of aromatic nitrogens is 2. The Bertz CT molecular complexity index is 1090. The van der Waals surface area contributed by atoms with Gasteiger partial charge in [-0.1, -0.05) is 16.9 Å². The van der Waals surface area contributed by atoms with E-state index < -0.39 is 41.5 Å². The summed E-state index contributed by atoms with van der Waals surface area (Å²) in [6.07, 6.45) is 1.52. The largest absolute Gasteiger partial charge is 0.361 e. The molecule has 0 atom stereocenters. The van der Waals surface area contributed by atoms with Crippen LogP contribution in [0.1, 0.15) is 21.8 Å². The lowest BCUT2D eigenvalue weighted by molar-refractivity contribution is -0.115. The molecule has 2 amide bonds. The van der Waals surface area contributed by atoms with Crippen molar-refractivity contribution in [3.8, 4) is 0 Å². The van der Waals surface area contributed by atoms with Crippen LogP contribution >= 0.6 is 11.8 Å². The number of amides is 2. The molecule has 0 spiro atoms. The quantitative estimate of drug-likeness (QED) is 0.435. The van der Waals surface area contributed by atoms with Crippen molar-refractivity contribution in [3.05, 3.63) is 71.0 Å². The summed E-state index contributed by atoms with van der Waals surface area (Å²) in [7, 11) is 0. The first-order valence-electron chi connectivity index (χ1n) is 8.56. The van der Waals surface area contributed by atoms with Gasteiger partial charge >= 0.3 is 0 Å². The number of nitrogens with zero attached hydrogens (tertiary/aromatic N) is 2. The van der Waals surface area contributed by atoms with E-state index in [1.807, 2.05) is 0 Å². The van der Waals surface area contributed by atoms with E-state index in [0.717, 1.165) is 6.07 Å². The Balaban J connectivity index is 1.59. The number of thioether (sulfide) groups is 1. The van der Waals surface area contributed by atoms with Gasteiger partial charge in [0, 0.05) is 18.0 Å². The maximum atomic E-state index is 13.6. The molecule has 11 heteroatoms. The minimum atomic E-state index is -1.70. The van der Waals surface area contributed by atoms with Crippen LogP contribution in [-0.2, 0) is 10.5 Å². The molecule has 0 aliphatic heterocycles. The summed E-state index contributed by atoms with van der Waals surface area (Å²) in [6.45, 7) is 1.25. The molecule has 0 saturated carbocycles. The van der Waals surface area contributed by atoms with E-state index >= 15 is 0 Å². The van der Waals surface area contributed by atoms with Crippen LogP contribution in [0.4, 0.5) is 18.9 Å². The number of hydrogen-bond acceptors (Lipinski definition) is 6. The fourth-order valence-corrected chi connectivity index (χ4v) is 3.25. The third-order valence-electron chi connectivity index (χ3n) is 3.77. The van der Waals surface area contributed by atoms with Crippen molar-refractivity contribution >= 4 is 29.3 Å². The molecule has 0 radical (unpaired) electrons. The molecule has 7 nitrogen and oxygen atoms in total. The lowest BCUT2D eigenvalue weighted by atomic mass is 10.2. The molecule has 30 heavy (non-hydrogen) atoms. The normalized spacial score (nSPS) is 10.7. The van der Waals surface area contributed by atoms with E-state index in [9.17, 15) is 22.8 Å². The van der Waals surface area contributed by atoms with Gasteiger partial charge in [-0.05, 0) is 31.2 Å². The number of pyridine rings is 1. The molecule has 0 fully saturated rings. The fourth-order valence-electron chi connectivity index (χ4n) is 2.38. The highest BCUT2D eigenvalue weighted by molar-refractivity contribution is 7.98. The van der Waals surface area contributed by atoms with Crippen molar-refractivity contribution in [2.24, 2.45) is 0 Å². The standard InChI is InChI=1S/C19H15F3N4O3S/c1-10-7-11(26-29-10)9-30-19-12(3-2-6-23-19)18(28)24-8-15(27)25-14-5-4-13(20)16(21)17(14)22/h2-7H,8-9H2,1H3,(H,24,28)(H,25,27). The molecule has 1 aromatic carbocycles. The number of carbonyl (C=O) groups excluding carboxylic acids is 2. The number of nitrogens with one attached hydrogen (secondary N) is 2. The summed E-state index contributed by atoms with van der Waals surface area (Å²) in [4.78, 5) is 28.6. The molecule has 156 valence electrons. The SMILES string of the molecule is Cc1cc(CSc2ncccc2C(=O)NCC(=O)Nc2ccc(F)c(F)c2F)no1. The second kappa shape index (κ2) is 9.44. The minimum Gasteiger partial charge on any atom is -0.361 e. The lowest BCUT2D eigenvalue weighted by Crippen LogP contribution is -2.33. The molecule has 0 aliphatic carbocycles. The van der Waals surface area contributed by atoms with Crippen LogP contribution in [0.15, 0.2) is 46.1 Å². The van der Waals surface area contributed by atoms with Crippen LogP contribution in [-0.4, -0.2) is 28.5 Å². The van der Waals surface area contributed by atoms with E-state index in [0.29, 0.717) is 28.3 Å². The first kappa shape index (κ1) is 21.4. The molecular formula is C19H15F3N4O3S. The summed E-state index contributed by atoms with van der Waals surface area (Å²) in [5.74, 6) is -4.91. The predicted molar refractivity (Wildman–Crippen MR) is 102 cm³/mol. The van der Waals surface area contributed by atoms with Gasteiger partial charge in [0.05, 0.1) is 23.5 Å². The van der Waals surface area contributed by atoms with Crippen LogP contribution in [0.25, 0.3) is 0 Å². The number of benzene rings is 1. The maximum Gasteiger partial charge on any atom is 0.254 e. The van der Waals surface area contributed by atoms with Crippen molar-refractivity contribution in [1.82, 2.24) is 15.5 Å². The second-order valence-corrected chi connectivity index (χ2v) is 6.99. The Kier molecular flexibility index (Phi) is 6.72. The predicted octanol–water partition coefficient (Wildman–Crippen LogP) is 3.46.